The number of carbonyl (C=O) groups excluding carboxylic acids is 2. The predicted octanol–water partition coefficient (Wildman–Crippen LogP) is 4.96. The summed E-state index contributed by atoms with van der Waals surface area (Å²) >= 11 is 8.22. The third-order valence-electron chi connectivity index (χ3n) is 4.07. The lowest BCUT2D eigenvalue weighted by molar-refractivity contribution is -0.118. The lowest BCUT2D eigenvalue weighted by atomic mass is 9.95. The van der Waals surface area contributed by atoms with Crippen molar-refractivity contribution in [3.63, 3.8) is 0 Å². The molecule has 1 aliphatic carbocycles. The van der Waals surface area contributed by atoms with Gasteiger partial charge in [-0.2, -0.15) is 0 Å². The molecule has 0 aliphatic heterocycles. The molecule has 0 saturated heterocycles. The monoisotopic (exact) mass is 501 g/mol. The molecule has 1 N–H and O–H groups in total. The molecule has 0 atom stereocenters. The van der Waals surface area contributed by atoms with Crippen LogP contribution in [0, 0.1) is 0 Å². The zero-order chi connectivity index (χ0) is 18.7. The van der Waals surface area contributed by atoms with Gasteiger partial charge in [0.25, 0.3) is 5.91 Å². The van der Waals surface area contributed by atoms with Gasteiger partial charge >= 0.3 is 5.97 Å². The molecule has 2 aromatic rings. The van der Waals surface area contributed by atoms with E-state index in [-0.39, 0.29) is 12.5 Å². The highest BCUT2D eigenvalue weighted by atomic mass is 79.9. The number of ether oxygens (including phenoxy) is 2. The van der Waals surface area contributed by atoms with Crippen LogP contribution < -0.4 is 10.1 Å². The molecule has 0 bridgehead atoms. The van der Waals surface area contributed by atoms with Crippen molar-refractivity contribution in [2.45, 2.75) is 25.7 Å². The van der Waals surface area contributed by atoms with Gasteiger partial charge in [0.1, 0.15) is 10.8 Å². The lowest BCUT2D eigenvalue weighted by Crippen LogP contribution is -2.21. The number of methoxy groups -OCH3 is 1. The van der Waals surface area contributed by atoms with E-state index in [4.69, 9.17) is 9.47 Å². The molecule has 0 spiro atoms. The minimum Gasteiger partial charge on any atom is -0.483 e. The Kier molecular flexibility index (Phi) is 6.37. The minimum absolute atomic E-state index is 0.149. The first-order chi connectivity index (χ1) is 12.5. The van der Waals surface area contributed by atoms with Crippen LogP contribution in [0.4, 0.5) is 5.00 Å². The summed E-state index contributed by atoms with van der Waals surface area (Å²) in [5.41, 5.74) is 1.50. The van der Waals surface area contributed by atoms with E-state index in [0.29, 0.717) is 16.3 Å². The Balaban J connectivity index is 1.72. The van der Waals surface area contributed by atoms with Crippen LogP contribution in [0.5, 0.6) is 5.75 Å². The molecule has 0 radical (unpaired) electrons. The average molecular weight is 503 g/mol. The molecular formula is C18H17Br2NO4S. The number of fused-ring (bicyclic) bond motifs is 1. The highest BCUT2D eigenvalue weighted by Crippen LogP contribution is 2.38. The van der Waals surface area contributed by atoms with Crippen molar-refractivity contribution < 1.29 is 19.1 Å². The molecule has 1 aliphatic rings. The number of esters is 1. The van der Waals surface area contributed by atoms with Gasteiger partial charge in [-0.3, -0.25) is 4.79 Å². The standard InChI is InChI=1S/C18H17Br2NO4S/c1-24-18(23)16-11-4-2-3-5-14(11)26-17(16)21-15(22)9-25-13-7-6-10(19)8-12(13)20/h6-8H,2-5,9H2,1H3,(H,21,22). The maximum atomic E-state index is 12.3. The predicted molar refractivity (Wildman–Crippen MR) is 108 cm³/mol. The van der Waals surface area contributed by atoms with E-state index in [1.54, 1.807) is 6.07 Å². The molecule has 0 saturated carbocycles. The smallest absolute Gasteiger partial charge is 0.341 e. The van der Waals surface area contributed by atoms with Crippen molar-refractivity contribution >= 4 is 60.1 Å². The maximum Gasteiger partial charge on any atom is 0.341 e. The Morgan fingerprint density at radius 1 is 1.23 bits per heavy atom. The van der Waals surface area contributed by atoms with E-state index >= 15 is 0 Å². The summed E-state index contributed by atoms with van der Waals surface area (Å²) in [6.07, 6.45) is 3.92. The molecule has 0 unspecified atom stereocenters. The number of benzene rings is 1. The van der Waals surface area contributed by atoms with Gasteiger partial charge in [0.05, 0.1) is 17.1 Å². The quantitative estimate of drug-likeness (QED) is 0.587. The highest BCUT2D eigenvalue weighted by molar-refractivity contribution is 9.11. The van der Waals surface area contributed by atoms with E-state index in [1.807, 2.05) is 12.1 Å². The van der Waals surface area contributed by atoms with Crippen molar-refractivity contribution in [2.24, 2.45) is 0 Å². The van der Waals surface area contributed by atoms with Gasteiger partial charge in [-0.1, -0.05) is 15.9 Å². The number of amides is 1. The molecule has 5 nitrogen and oxygen atoms in total. The third-order valence-corrected chi connectivity index (χ3v) is 6.39. The number of rotatable bonds is 5. The zero-order valence-electron chi connectivity index (χ0n) is 14.1. The number of carbonyl (C=O) groups is 2. The molecule has 26 heavy (non-hydrogen) atoms. The number of halogens is 2. The summed E-state index contributed by atoms with van der Waals surface area (Å²) in [4.78, 5) is 25.7. The van der Waals surface area contributed by atoms with E-state index in [9.17, 15) is 9.59 Å². The second-order valence-electron chi connectivity index (χ2n) is 5.82. The van der Waals surface area contributed by atoms with Crippen molar-refractivity contribution in [1.82, 2.24) is 0 Å². The first-order valence-electron chi connectivity index (χ1n) is 8.10. The Morgan fingerprint density at radius 3 is 2.73 bits per heavy atom. The molecular weight excluding hydrogens is 486 g/mol. The summed E-state index contributed by atoms with van der Waals surface area (Å²) in [6, 6.07) is 5.45. The fraction of sp³-hybridized carbons (Fsp3) is 0.333. The van der Waals surface area contributed by atoms with Gasteiger partial charge in [-0.05, 0) is 65.4 Å². The number of hydrogen-bond acceptors (Lipinski definition) is 5. The van der Waals surface area contributed by atoms with Gasteiger partial charge in [0.15, 0.2) is 6.61 Å². The summed E-state index contributed by atoms with van der Waals surface area (Å²) < 4.78 is 12.1. The summed E-state index contributed by atoms with van der Waals surface area (Å²) in [5, 5.41) is 3.36. The fourth-order valence-electron chi connectivity index (χ4n) is 2.87. The van der Waals surface area contributed by atoms with Gasteiger partial charge in [0.2, 0.25) is 0 Å². The SMILES string of the molecule is COC(=O)c1c(NC(=O)COc2ccc(Br)cc2Br)sc2c1CCCC2. The Bertz CT molecular complexity index is 850. The van der Waals surface area contributed by atoms with Crippen LogP contribution in [-0.4, -0.2) is 25.6 Å². The molecule has 1 amide bonds. The van der Waals surface area contributed by atoms with Crippen LogP contribution in [0.1, 0.15) is 33.6 Å². The minimum atomic E-state index is -0.406. The summed E-state index contributed by atoms with van der Waals surface area (Å²) in [6.45, 7) is -0.149. The maximum absolute atomic E-state index is 12.3. The molecule has 8 heteroatoms. The number of anilines is 1. The van der Waals surface area contributed by atoms with Crippen LogP contribution >= 0.6 is 43.2 Å². The summed E-state index contributed by atoms with van der Waals surface area (Å²) in [5.74, 6) is -0.151. The lowest BCUT2D eigenvalue weighted by Gasteiger charge is -2.12. The van der Waals surface area contributed by atoms with E-state index in [1.165, 1.54) is 18.4 Å². The first kappa shape index (κ1) is 19.4. The first-order valence-corrected chi connectivity index (χ1v) is 10.5. The Labute approximate surface area is 172 Å². The molecule has 0 fully saturated rings. The van der Waals surface area contributed by atoms with Crippen molar-refractivity contribution in [2.75, 3.05) is 19.0 Å². The zero-order valence-corrected chi connectivity index (χ0v) is 18.1. The van der Waals surface area contributed by atoms with Gasteiger partial charge in [-0.25, -0.2) is 4.79 Å². The normalized spacial score (nSPS) is 13.0. The van der Waals surface area contributed by atoms with Crippen LogP contribution in [0.25, 0.3) is 0 Å². The number of hydrogen-bond donors (Lipinski definition) is 1. The number of thiophene rings is 1. The second-order valence-corrected chi connectivity index (χ2v) is 8.69. The van der Waals surface area contributed by atoms with E-state index < -0.39 is 5.97 Å². The number of nitrogens with one attached hydrogen (secondary N) is 1. The summed E-state index contributed by atoms with van der Waals surface area (Å²) in [7, 11) is 1.36. The van der Waals surface area contributed by atoms with Gasteiger partial charge in [0, 0.05) is 9.35 Å². The average Bonchev–Trinajstić information content (AvgIpc) is 2.98. The van der Waals surface area contributed by atoms with Gasteiger partial charge in [-0.15, -0.1) is 11.3 Å². The molecule has 1 heterocycles. The van der Waals surface area contributed by atoms with E-state index in [2.05, 4.69) is 37.2 Å². The molecule has 138 valence electrons. The Morgan fingerprint density at radius 2 is 2.00 bits per heavy atom. The topological polar surface area (TPSA) is 64.6 Å². The highest BCUT2D eigenvalue weighted by Gasteiger charge is 2.27. The third kappa shape index (κ3) is 4.29. The van der Waals surface area contributed by atoms with Crippen LogP contribution in [0.2, 0.25) is 0 Å². The van der Waals surface area contributed by atoms with Crippen LogP contribution in [-0.2, 0) is 22.4 Å². The molecule has 1 aromatic carbocycles. The Hall–Kier alpha value is -1.38. The van der Waals surface area contributed by atoms with Crippen LogP contribution in [0.15, 0.2) is 27.1 Å². The number of aryl methyl sites for hydroxylation is 1. The van der Waals surface area contributed by atoms with E-state index in [0.717, 1.165) is 45.1 Å². The molecule has 1 aromatic heterocycles. The molecule has 3 rings (SSSR count). The second kappa shape index (κ2) is 8.54. The van der Waals surface area contributed by atoms with Gasteiger partial charge < -0.3 is 14.8 Å². The largest absolute Gasteiger partial charge is 0.483 e. The van der Waals surface area contributed by atoms with Crippen molar-refractivity contribution in [3.05, 3.63) is 43.1 Å². The van der Waals surface area contributed by atoms with Crippen LogP contribution in [0.3, 0.4) is 0 Å². The van der Waals surface area contributed by atoms with Crippen molar-refractivity contribution in [3.8, 4) is 5.75 Å². The fourth-order valence-corrected chi connectivity index (χ4v) is 5.33. The van der Waals surface area contributed by atoms with Crippen molar-refractivity contribution in [1.29, 1.82) is 0 Å².